The molecule has 0 heterocycles. The van der Waals surface area contributed by atoms with Crippen molar-refractivity contribution in [2.75, 3.05) is 0 Å². The molecule has 70 valence electrons. The molecule has 0 fully saturated rings. The first-order valence-corrected chi connectivity index (χ1v) is 3.47. The molecule has 6 heteroatoms. The summed E-state index contributed by atoms with van der Waals surface area (Å²) in [6.45, 7) is 0. The van der Waals surface area contributed by atoms with Gasteiger partial charge >= 0.3 is 5.97 Å². The molecule has 1 aliphatic rings. The van der Waals surface area contributed by atoms with Gasteiger partial charge in [0.05, 0.1) is 11.0 Å². The van der Waals surface area contributed by atoms with Gasteiger partial charge in [-0.15, -0.1) is 0 Å². The van der Waals surface area contributed by atoms with Crippen LogP contribution in [0, 0.1) is 16.0 Å². The third kappa shape index (κ3) is 1.91. The highest BCUT2D eigenvalue weighted by Gasteiger charge is 2.28. The molecule has 13 heavy (non-hydrogen) atoms. The summed E-state index contributed by atoms with van der Waals surface area (Å²) in [5, 5.41) is 27.9. The number of allylic oxidation sites excluding steroid dienone is 1. The van der Waals surface area contributed by atoms with Crippen molar-refractivity contribution >= 4 is 5.97 Å². The van der Waals surface area contributed by atoms with Gasteiger partial charge in [-0.2, -0.15) is 0 Å². The number of carbonyl (C=O) groups is 1. The molecular formula is C7H7NO5. The van der Waals surface area contributed by atoms with Crippen LogP contribution in [0.1, 0.15) is 0 Å². The topological polar surface area (TPSA) is 101 Å². The molecule has 0 spiro atoms. The first kappa shape index (κ1) is 9.40. The van der Waals surface area contributed by atoms with Crippen molar-refractivity contribution in [2.45, 2.75) is 6.10 Å². The molecular weight excluding hydrogens is 178 g/mol. The number of nitro groups is 1. The van der Waals surface area contributed by atoms with Gasteiger partial charge in [-0.3, -0.25) is 14.9 Å². The molecule has 0 bridgehead atoms. The zero-order chi connectivity index (χ0) is 10.0. The van der Waals surface area contributed by atoms with Crippen molar-refractivity contribution in [1.29, 1.82) is 0 Å². The fraction of sp³-hybridized carbons (Fsp3) is 0.286. The SMILES string of the molecule is O=C(O)[C@H]1C=CC([N+](=O)[O-])=C[C@H]1O. The van der Waals surface area contributed by atoms with Gasteiger partial charge in [0.1, 0.15) is 5.92 Å². The number of aliphatic carboxylic acids is 1. The van der Waals surface area contributed by atoms with Crippen LogP contribution in [0.15, 0.2) is 23.9 Å². The Morgan fingerprint density at radius 3 is 2.62 bits per heavy atom. The largest absolute Gasteiger partial charge is 0.481 e. The van der Waals surface area contributed by atoms with E-state index in [9.17, 15) is 14.9 Å². The average Bonchev–Trinajstić information content (AvgIpc) is 2.03. The second kappa shape index (κ2) is 3.36. The van der Waals surface area contributed by atoms with Crippen molar-refractivity contribution in [3.8, 4) is 0 Å². The van der Waals surface area contributed by atoms with E-state index in [1.807, 2.05) is 0 Å². The van der Waals surface area contributed by atoms with E-state index in [0.717, 1.165) is 18.2 Å². The molecule has 6 nitrogen and oxygen atoms in total. The molecule has 0 unspecified atom stereocenters. The van der Waals surface area contributed by atoms with Crippen LogP contribution in [-0.4, -0.2) is 27.2 Å². The number of hydrogen-bond donors (Lipinski definition) is 2. The molecule has 0 amide bonds. The Balaban J connectivity index is 2.85. The van der Waals surface area contributed by atoms with E-state index in [1.54, 1.807) is 0 Å². The molecule has 0 aromatic heterocycles. The van der Waals surface area contributed by atoms with Gasteiger partial charge in [-0.25, -0.2) is 0 Å². The van der Waals surface area contributed by atoms with E-state index >= 15 is 0 Å². The summed E-state index contributed by atoms with van der Waals surface area (Å²) in [6, 6.07) is 0. The summed E-state index contributed by atoms with van der Waals surface area (Å²) in [5.74, 6) is -2.30. The predicted molar refractivity (Wildman–Crippen MR) is 41.4 cm³/mol. The molecule has 0 aliphatic heterocycles. The van der Waals surface area contributed by atoms with E-state index in [2.05, 4.69) is 0 Å². The molecule has 0 saturated carbocycles. The minimum atomic E-state index is -1.33. The fourth-order valence-electron chi connectivity index (χ4n) is 1.00. The molecule has 1 rings (SSSR count). The Morgan fingerprint density at radius 2 is 2.23 bits per heavy atom. The summed E-state index contributed by atoms with van der Waals surface area (Å²) in [4.78, 5) is 20.0. The van der Waals surface area contributed by atoms with E-state index < -0.39 is 22.9 Å². The van der Waals surface area contributed by atoms with E-state index in [4.69, 9.17) is 10.2 Å². The number of aliphatic hydroxyl groups excluding tert-OH is 1. The monoisotopic (exact) mass is 185 g/mol. The molecule has 0 aromatic rings. The van der Waals surface area contributed by atoms with Gasteiger partial charge < -0.3 is 10.2 Å². The number of aliphatic hydroxyl groups is 1. The maximum absolute atomic E-state index is 10.4. The van der Waals surface area contributed by atoms with E-state index in [1.165, 1.54) is 0 Å². The number of hydrogen-bond acceptors (Lipinski definition) is 4. The van der Waals surface area contributed by atoms with Crippen molar-refractivity contribution < 1.29 is 19.9 Å². The second-order valence-corrected chi connectivity index (χ2v) is 2.56. The van der Waals surface area contributed by atoms with Gasteiger partial charge in [0.15, 0.2) is 0 Å². The van der Waals surface area contributed by atoms with Crippen LogP contribution >= 0.6 is 0 Å². The summed E-state index contributed by atoms with van der Waals surface area (Å²) >= 11 is 0. The van der Waals surface area contributed by atoms with Crippen molar-refractivity contribution in [3.63, 3.8) is 0 Å². The minimum Gasteiger partial charge on any atom is -0.481 e. The van der Waals surface area contributed by atoms with Crippen LogP contribution in [-0.2, 0) is 4.79 Å². The Hall–Kier alpha value is -1.69. The van der Waals surface area contributed by atoms with Gasteiger partial charge in [0, 0.05) is 12.2 Å². The van der Waals surface area contributed by atoms with Gasteiger partial charge in [-0.05, 0) is 0 Å². The molecule has 0 radical (unpaired) electrons. The van der Waals surface area contributed by atoms with Gasteiger partial charge in [-0.1, -0.05) is 6.08 Å². The van der Waals surface area contributed by atoms with Crippen LogP contribution in [0.2, 0.25) is 0 Å². The van der Waals surface area contributed by atoms with Crippen molar-refractivity contribution in [2.24, 2.45) is 5.92 Å². The van der Waals surface area contributed by atoms with Gasteiger partial charge in [0.2, 0.25) is 0 Å². The third-order valence-corrected chi connectivity index (χ3v) is 1.68. The zero-order valence-corrected chi connectivity index (χ0v) is 6.45. The lowest BCUT2D eigenvalue weighted by atomic mass is 9.97. The van der Waals surface area contributed by atoms with Crippen LogP contribution in [0.5, 0.6) is 0 Å². The highest BCUT2D eigenvalue weighted by molar-refractivity contribution is 5.73. The lowest BCUT2D eigenvalue weighted by Gasteiger charge is -2.14. The smallest absolute Gasteiger partial charge is 0.313 e. The molecule has 2 atom stereocenters. The Morgan fingerprint density at radius 1 is 1.62 bits per heavy atom. The standard InChI is InChI=1S/C7H7NO5/c9-6-3-4(8(12)13)1-2-5(6)7(10)11/h1-3,5-6,9H,(H,10,11)/t5-,6+/m0/s1. The van der Waals surface area contributed by atoms with Crippen LogP contribution < -0.4 is 0 Å². The van der Waals surface area contributed by atoms with E-state index in [0.29, 0.717) is 0 Å². The summed E-state index contributed by atoms with van der Waals surface area (Å²) in [6.07, 6.45) is 1.76. The van der Waals surface area contributed by atoms with Crippen LogP contribution in [0.4, 0.5) is 0 Å². The first-order chi connectivity index (χ1) is 6.02. The first-order valence-electron chi connectivity index (χ1n) is 3.47. The van der Waals surface area contributed by atoms with Gasteiger partial charge in [0.25, 0.3) is 5.70 Å². The number of rotatable bonds is 2. The average molecular weight is 185 g/mol. The number of carboxylic acid groups (broad SMARTS) is 1. The number of carboxylic acids is 1. The maximum Gasteiger partial charge on any atom is 0.313 e. The minimum absolute atomic E-state index is 0.287. The highest BCUT2D eigenvalue weighted by Crippen LogP contribution is 2.17. The fourth-order valence-corrected chi connectivity index (χ4v) is 1.00. The van der Waals surface area contributed by atoms with Crippen LogP contribution in [0.25, 0.3) is 0 Å². The lowest BCUT2D eigenvalue weighted by molar-refractivity contribution is -0.420. The Labute approximate surface area is 72.9 Å². The lowest BCUT2D eigenvalue weighted by Crippen LogP contribution is -2.27. The molecule has 0 saturated heterocycles. The van der Waals surface area contributed by atoms with Crippen molar-refractivity contribution in [3.05, 3.63) is 34.0 Å². The number of nitrogens with zero attached hydrogens (tertiary/aromatic N) is 1. The highest BCUT2D eigenvalue weighted by atomic mass is 16.6. The maximum atomic E-state index is 10.4. The quantitative estimate of drug-likeness (QED) is 0.457. The summed E-state index contributed by atoms with van der Waals surface area (Å²) in [7, 11) is 0. The Bertz CT molecular complexity index is 306. The Kier molecular flexibility index (Phi) is 2.43. The summed E-state index contributed by atoms with van der Waals surface area (Å²) < 4.78 is 0. The van der Waals surface area contributed by atoms with Crippen LogP contribution in [0.3, 0.4) is 0 Å². The molecule has 0 aromatic carbocycles. The van der Waals surface area contributed by atoms with Crippen molar-refractivity contribution in [1.82, 2.24) is 0 Å². The second-order valence-electron chi connectivity index (χ2n) is 2.56. The normalized spacial score (nSPS) is 26.7. The predicted octanol–water partition coefficient (Wildman–Crippen LogP) is -0.221. The molecule has 2 N–H and O–H groups in total. The molecule has 1 aliphatic carbocycles. The van der Waals surface area contributed by atoms with E-state index in [-0.39, 0.29) is 5.70 Å². The zero-order valence-electron chi connectivity index (χ0n) is 6.45. The summed E-state index contributed by atoms with van der Waals surface area (Å²) in [5.41, 5.74) is -0.287. The third-order valence-electron chi connectivity index (χ3n) is 1.68.